The highest BCUT2D eigenvalue weighted by atomic mass is 32.2. The lowest BCUT2D eigenvalue weighted by Gasteiger charge is -2.32. The fraction of sp³-hybridized carbons (Fsp3) is 0.333. The van der Waals surface area contributed by atoms with Crippen LogP contribution in [0.4, 0.5) is 4.39 Å². The Balaban J connectivity index is 1.74. The van der Waals surface area contributed by atoms with E-state index in [0.717, 1.165) is 5.56 Å². The van der Waals surface area contributed by atoms with Crippen molar-refractivity contribution in [1.29, 1.82) is 0 Å². The fourth-order valence-corrected chi connectivity index (χ4v) is 3.38. The summed E-state index contributed by atoms with van der Waals surface area (Å²) < 4.78 is 26.6. The van der Waals surface area contributed by atoms with Crippen molar-refractivity contribution >= 4 is 35.7 Å². The Bertz CT molecular complexity index is 903. The molecule has 0 saturated carbocycles. The van der Waals surface area contributed by atoms with Crippen LogP contribution in [0.3, 0.4) is 0 Å². The van der Waals surface area contributed by atoms with Gasteiger partial charge in [-0.05, 0) is 44.8 Å². The molecular weight excluding hydrogens is 388 g/mol. The van der Waals surface area contributed by atoms with Crippen molar-refractivity contribution in [1.82, 2.24) is 0 Å². The minimum atomic E-state index is -0.689. The van der Waals surface area contributed by atoms with E-state index in [-0.39, 0.29) is 5.56 Å². The summed E-state index contributed by atoms with van der Waals surface area (Å²) in [6.45, 7) is 7.81. The summed E-state index contributed by atoms with van der Waals surface area (Å²) in [5, 5.41) is 8.27. The molecule has 0 bridgehead atoms. The smallest absolute Gasteiger partial charge is 0.399 e. The molecule has 8 heteroatoms. The van der Waals surface area contributed by atoms with Gasteiger partial charge in [0.05, 0.1) is 17.4 Å². The summed E-state index contributed by atoms with van der Waals surface area (Å²) in [4.78, 5) is 0. The normalized spacial score (nSPS) is 18.5. The molecule has 0 aliphatic carbocycles. The van der Waals surface area contributed by atoms with Crippen LogP contribution < -0.4 is 11.2 Å². The third-order valence-corrected chi connectivity index (χ3v) is 6.02. The second kappa shape index (κ2) is 8.69. The zero-order valence-electron chi connectivity index (χ0n) is 17.1. The van der Waals surface area contributed by atoms with Crippen LogP contribution in [0.25, 0.3) is 0 Å². The lowest BCUT2D eigenvalue weighted by Crippen LogP contribution is -2.41. The zero-order valence-corrected chi connectivity index (χ0v) is 17.9. The van der Waals surface area contributed by atoms with Crippen molar-refractivity contribution in [3.05, 3.63) is 65.5 Å². The number of nitrogens with two attached hydrogens (primary N) is 1. The van der Waals surface area contributed by atoms with Crippen molar-refractivity contribution in [3.8, 4) is 0 Å². The van der Waals surface area contributed by atoms with E-state index in [1.54, 1.807) is 12.1 Å². The monoisotopic (exact) mass is 413 g/mol. The van der Waals surface area contributed by atoms with Gasteiger partial charge in [-0.25, -0.2) is 4.39 Å². The van der Waals surface area contributed by atoms with Crippen molar-refractivity contribution in [2.75, 3.05) is 0 Å². The molecule has 1 aliphatic heterocycles. The van der Waals surface area contributed by atoms with E-state index in [0.29, 0.717) is 16.4 Å². The highest BCUT2D eigenvalue weighted by Crippen LogP contribution is 2.36. The van der Waals surface area contributed by atoms with Crippen LogP contribution in [-0.4, -0.2) is 29.7 Å². The molecule has 1 saturated heterocycles. The van der Waals surface area contributed by atoms with E-state index in [9.17, 15) is 4.39 Å². The number of rotatable bonds is 5. The van der Waals surface area contributed by atoms with Crippen molar-refractivity contribution in [2.45, 2.75) is 44.6 Å². The Kier molecular flexibility index (Phi) is 6.46. The molecule has 0 spiro atoms. The zero-order chi connectivity index (χ0) is 21.1. The molecule has 0 unspecified atom stereocenters. The lowest BCUT2D eigenvalue weighted by atomic mass is 9.76. The third-order valence-electron chi connectivity index (χ3n) is 5.17. The summed E-state index contributed by atoms with van der Waals surface area (Å²) in [7, 11) is -0.689. The molecule has 1 aliphatic rings. The Morgan fingerprint density at radius 1 is 1.07 bits per heavy atom. The highest BCUT2D eigenvalue weighted by Gasteiger charge is 2.52. The van der Waals surface area contributed by atoms with Gasteiger partial charge in [0.25, 0.3) is 0 Å². The Morgan fingerprint density at radius 3 is 2.38 bits per heavy atom. The molecule has 0 aromatic heterocycles. The second-order valence-corrected chi connectivity index (χ2v) is 8.78. The molecule has 1 heterocycles. The van der Waals surface area contributed by atoms with Gasteiger partial charge in [-0.3, -0.25) is 0 Å². The first-order chi connectivity index (χ1) is 13.7. The first kappa shape index (κ1) is 21.6. The van der Waals surface area contributed by atoms with Gasteiger partial charge in [-0.2, -0.15) is 5.10 Å². The molecule has 29 heavy (non-hydrogen) atoms. The molecule has 0 amide bonds. The summed E-state index contributed by atoms with van der Waals surface area (Å²) in [6, 6.07) is 14.7. The second-order valence-electron chi connectivity index (χ2n) is 7.79. The number of thioether (sulfide) groups is 1. The number of hydrogen-bond acceptors (Lipinski definition) is 5. The lowest BCUT2D eigenvalue weighted by molar-refractivity contribution is 0.00578. The van der Waals surface area contributed by atoms with E-state index in [1.807, 2.05) is 58.0 Å². The average Bonchev–Trinajstić information content (AvgIpc) is 2.89. The van der Waals surface area contributed by atoms with Gasteiger partial charge in [-0.15, -0.1) is 5.10 Å². The van der Waals surface area contributed by atoms with Crippen LogP contribution in [0.1, 0.15) is 38.8 Å². The Labute approximate surface area is 175 Å². The number of hydrogen-bond donors (Lipinski definition) is 1. The van der Waals surface area contributed by atoms with E-state index < -0.39 is 24.1 Å². The Morgan fingerprint density at radius 2 is 1.72 bits per heavy atom. The summed E-state index contributed by atoms with van der Waals surface area (Å²) in [5.74, 6) is 0.261. The number of amidine groups is 1. The molecule has 2 aromatic carbocycles. The topological polar surface area (TPSA) is 69.2 Å². The van der Waals surface area contributed by atoms with Gasteiger partial charge >= 0.3 is 7.12 Å². The number of nitrogens with zero attached hydrogens (tertiary/aromatic N) is 2. The van der Waals surface area contributed by atoms with Crippen LogP contribution in [0.15, 0.2) is 58.7 Å². The molecule has 3 rings (SSSR count). The minimum Gasteiger partial charge on any atom is -0.399 e. The van der Waals surface area contributed by atoms with Gasteiger partial charge in [0.1, 0.15) is 5.82 Å². The van der Waals surface area contributed by atoms with E-state index in [2.05, 4.69) is 10.2 Å². The van der Waals surface area contributed by atoms with Crippen LogP contribution in [0.5, 0.6) is 0 Å². The van der Waals surface area contributed by atoms with Crippen LogP contribution >= 0.6 is 11.8 Å². The van der Waals surface area contributed by atoms with E-state index >= 15 is 0 Å². The van der Waals surface area contributed by atoms with Gasteiger partial charge in [-0.1, -0.05) is 54.2 Å². The highest BCUT2D eigenvalue weighted by molar-refractivity contribution is 8.13. The molecule has 2 aromatic rings. The van der Waals surface area contributed by atoms with E-state index in [4.69, 9.17) is 15.0 Å². The predicted molar refractivity (Wildman–Crippen MR) is 119 cm³/mol. The molecule has 5 nitrogen and oxygen atoms in total. The van der Waals surface area contributed by atoms with Crippen LogP contribution in [0, 0.1) is 5.82 Å². The van der Waals surface area contributed by atoms with Crippen LogP contribution in [-0.2, 0) is 15.1 Å². The standard InChI is InChI=1S/C21H25BFN3O2S/c1-20(2)21(3,4)28-22(27-20)17-11-8-12-18(23)16(17)13-25-26-19(24)29-14-15-9-6-5-7-10-15/h5-13H,14H2,1-4H3,(H2,24,26). The molecular formula is C21H25BFN3O2S. The number of halogens is 1. The van der Waals surface area contributed by atoms with Gasteiger partial charge < -0.3 is 15.0 Å². The maximum absolute atomic E-state index is 14.5. The predicted octanol–water partition coefficient (Wildman–Crippen LogP) is 3.71. The first-order valence-corrected chi connectivity index (χ1v) is 10.4. The molecule has 0 atom stereocenters. The van der Waals surface area contributed by atoms with Crippen molar-refractivity contribution < 1.29 is 13.7 Å². The van der Waals surface area contributed by atoms with Crippen LogP contribution in [0.2, 0.25) is 0 Å². The first-order valence-electron chi connectivity index (χ1n) is 9.37. The summed E-state index contributed by atoms with van der Waals surface area (Å²) >= 11 is 1.37. The fourth-order valence-electron chi connectivity index (χ4n) is 2.77. The average molecular weight is 413 g/mol. The summed E-state index contributed by atoms with van der Waals surface area (Å²) in [5.41, 5.74) is 6.85. The maximum Gasteiger partial charge on any atom is 0.495 e. The Hall–Kier alpha value is -2.16. The number of benzene rings is 2. The maximum atomic E-state index is 14.5. The molecule has 2 N–H and O–H groups in total. The SMILES string of the molecule is CC1(C)OB(c2cccc(F)c2C=NN=C(N)SCc2ccccc2)OC1(C)C. The van der Waals surface area contributed by atoms with Crippen molar-refractivity contribution in [3.63, 3.8) is 0 Å². The minimum absolute atomic E-state index is 0.274. The van der Waals surface area contributed by atoms with Gasteiger partial charge in [0.2, 0.25) is 0 Å². The molecule has 152 valence electrons. The molecule has 1 fully saturated rings. The van der Waals surface area contributed by atoms with E-state index in [1.165, 1.54) is 24.0 Å². The molecule has 0 radical (unpaired) electrons. The van der Waals surface area contributed by atoms with Gasteiger partial charge in [0, 0.05) is 11.3 Å². The van der Waals surface area contributed by atoms with Crippen molar-refractivity contribution in [2.24, 2.45) is 15.9 Å². The van der Waals surface area contributed by atoms with Gasteiger partial charge in [0.15, 0.2) is 5.17 Å². The quantitative estimate of drug-likeness (QED) is 0.351. The third kappa shape index (κ3) is 5.07. The largest absolute Gasteiger partial charge is 0.495 e. The summed E-state index contributed by atoms with van der Waals surface area (Å²) in [6.07, 6.45) is 1.35.